The van der Waals surface area contributed by atoms with Crippen LogP contribution >= 0.6 is 0 Å². The summed E-state index contributed by atoms with van der Waals surface area (Å²) in [6.45, 7) is 8.15. The van der Waals surface area contributed by atoms with Gasteiger partial charge in [0.1, 0.15) is 24.4 Å². The molecule has 0 unspecified atom stereocenters. The van der Waals surface area contributed by atoms with Gasteiger partial charge in [0.15, 0.2) is 6.10 Å². The molecule has 7 bridgehead atoms. The third-order valence-electron chi connectivity index (χ3n) is 12.0. The third kappa shape index (κ3) is 13.6. The Balaban J connectivity index is 1.29. The largest absolute Gasteiger partial charge is 0.481 e. The zero-order chi connectivity index (χ0) is 41.6. The van der Waals surface area contributed by atoms with Gasteiger partial charge < -0.3 is 44.1 Å². The van der Waals surface area contributed by atoms with Crippen molar-refractivity contribution in [1.29, 1.82) is 0 Å². The van der Waals surface area contributed by atoms with Crippen molar-refractivity contribution in [2.24, 2.45) is 17.8 Å². The second-order valence-corrected chi connectivity index (χ2v) is 16.6. The van der Waals surface area contributed by atoms with E-state index in [1.54, 1.807) is 18.2 Å². The second-order valence-electron chi connectivity index (χ2n) is 16.6. The first-order chi connectivity index (χ1) is 27.9. The molecular weight excluding hydrogens is 741 g/mol. The van der Waals surface area contributed by atoms with E-state index in [2.05, 4.69) is 32.1 Å². The van der Waals surface area contributed by atoms with Gasteiger partial charge in [0.25, 0.3) is 0 Å². The Labute approximate surface area is 344 Å². The minimum atomic E-state index is -1.18. The molecule has 58 heavy (non-hydrogen) atoms. The monoisotopic (exact) mass is 806 g/mol. The van der Waals surface area contributed by atoms with Crippen LogP contribution in [0.2, 0.25) is 0 Å². The zero-order valence-electron chi connectivity index (χ0n) is 34.5. The summed E-state index contributed by atoms with van der Waals surface area (Å²) >= 11 is 0. The van der Waals surface area contributed by atoms with E-state index in [9.17, 15) is 24.9 Å². The highest BCUT2D eigenvalue weighted by Crippen LogP contribution is 2.38. The van der Waals surface area contributed by atoms with Crippen molar-refractivity contribution < 1.29 is 53.7 Å². The van der Waals surface area contributed by atoms with E-state index >= 15 is 0 Å². The maximum absolute atomic E-state index is 13.0. The molecule has 11 heteroatoms. The SMILES string of the molecule is C/C(=C\[C@@H](C)CCCCC(=O)O)[C@H]1O[C@@H]2C=C[C@H]1OC(=O)/C=C\C=CC=C[C@@H]1O[C@H]3C[C@@H]1O[C@@H](/C=C/C[C@H]1O[C@H](C[C@H](O)[C@@H]1C)[C@@H](O)[C@@H](O)/C=C/CC/C=C/C2)[C@@H]3C. The summed E-state index contributed by atoms with van der Waals surface area (Å²) in [5.74, 6) is -1.09. The lowest BCUT2D eigenvalue weighted by Gasteiger charge is -2.40. The topological polar surface area (TPSA) is 161 Å². The van der Waals surface area contributed by atoms with E-state index < -0.39 is 48.6 Å². The van der Waals surface area contributed by atoms with Gasteiger partial charge in [0.2, 0.25) is 0 Å². The van der Waals surface area contributed by atoms with Gasteiger partial charge >= 0.3 is 11.9 Å². The van der Waals surface area contributed by atoms with Gasteiger partial charge in [-0.15, -0.1) is 0 Å². The van der Waals surface area contributed by atoms with Gasteiger partial charge in [-0.1, -0.05) is 106 Å². The second kappa shape index (κ2) is 22.8. The van der Waals surface area contributed by atoms with Crippen LogP contribution in [0, 0.1) is 17.8 Å². The fraction of sp³-hybridized carbons (Fsp3) is 0.617. The van der Waals surface area contributed by atoms with Crippen molar-refractivity contribution in [3.63, 3.8) is 0 Å². The van der Waals surface area contributed by atoms with E-state index in [1.807, 2.05) is 62.5 Å². The minimum Gasteiger partial charge on any atom is -0.481 e. The quantitative estimate of drug-likeness (QED) is 0.122. The number of aliphatic hydroxyl groups excluding tert-OH is 3. The summed E-state index contributed by atoms with van der Waals surface area (Å²) in [7, 11) is 0. The lowest BCUT2D eigenvalue weighted by Crippen LogP contribution is -2.50. The number of allylic oxidation sites excluding steroid dienone is 7. The van der Waals surface area contributed by atoms with Crippen molar-refractivity contribution in [2.45, 2.75) is 165 Å². The van der Waals surface area contributed by atoms with Crippen molar-refractivity contribution in [2.75, 3.05) is 0 Å². The molecule has 6 aliphatic heterocycles. The van der Waals surface area contributed by atoms with Crippen LogP contribution in [0.5, 0.6) is 0 Å². The zero-order valence-corrected chi connectivity index (χ0v) is 34.5. The lowest BCUT2D eigenvalue weighted by atomic mass is 9.85. The molecular formula is C47H66O11. The van der Waals surface area contributed by atoms with E-state index in [1.165, 1.54) is 6.08 Å². The molecule has 0 aromatic rings. The number of carbonyl (C=O) groups excluding carboxylic acids is 1. The van der Waals surface area contributed by atoms with Gasteiger partial charge in [-0.2, -0.15) is 0 Å². The Kier molecular flexibility index (Phi) is 18.0. The molecule has 320 valence electrons. The molecule has 0 aromatic carbocycles. The average Bonchev–Trinajstić information content (AvgIpc) is 3.54. The number of aliphatic carboxylic acids is 1. The number of rotatable bonds is 7. The molecule has 0 amide bonds. The van der Waals surface area contributed by atoms with Crippen LogP contribution in [0.15, 0.2) is 96.7 Å². The average molecular weight is 807 g/mol. The summed E-state index contributed by atoms with van der Waals surface area (Å²) in [5.41, 5.74) is 0.945. The van der Waals surface area contributed by atoms with Crippen LogP contribution in [-0.2, 0) is 33.3 Å². The number of hydrogen-bond acceptors (Lipinski definition) is 10. The first-order valence-corrected chi connectivity index (χ1v) is 21.3. The number of carboxylic acid groups (broad SMARTS) is 1. The van der Waals surface area contributed by atoms with Gasteiger partial charge in [-0.3, -0.25) is 4.79 Å². The van der Waals surface area contributed by atoms with E-state index in [0.29, 0.717) is 25.7 Å². The fourth-order valence-electron chi connectivity index (χ4n) is 8.38. The van der Waals surface area contributed by atoms with Crippen LogP contribution in [0.3, 0.4) is 0 Å². The summed E-state index contributed by atoms with van der Waals surface area (Å²) < 4.78 is 31.5. The Bertz CT molecular complexity index is 1570. The molecule has 6 aliphatic rings. The van der Waals surface area contributed by atoms with Crippen LogP contribution in [-0.4, -0.2) is 106 Å². The molecule has 0 spiro atoms. The molecule has 6 rings (SSSR count). The first-order valence-electron chi connectivity index (χ1n) is 21.3. The summed E-state index contributed by atoms with van der Waals surface area (Å²) in [6.07, 6.45) is 28.3. The fourth-order valence-corrected chi connectivity index (χ4v) is 8.38. The molecule has 15 atom stereocenters. The molecule has 0 radical (unpaired) electrons. The highest BCUT2D eigenvalue weighted by Gasteiger charge is 2.45. The Hall–Kier alpha value is -3.42. The van der Waals surface area contributed by atoms with E-state index in [4.69, 9.17) is 28.8 Å². The number of ether oxygens (including phenoxy) is 5. The van der Waals surface area contributed by atoms with Crippen molar-refractivity contribution in [3.8, 4) is 0 Å². The van der Waals surface area contributed by atoms with Crippen molar-refractivity contribution in [1.82, 2.24) is 0 Å². The number of fused-ring (bicyclic) bond motifs is 13. The normalized spacial score (nSPS) is 40.6. The standard InChI is InChI=1S/C47H66O11/c1-30(17-14-15-23-44(50)51)27-31(2)47-40-26-25-34(54-47)18-10-6-5-7-11-19-35(48)46(53)43-28-36(49)32(3)37(56-43)21-16-22-38-33(4)41-29-42(55-38)39(57-41)20-12-8-9-13-24-45(52)58-40/h6,8-13,16,19-20,22,24-27,30,32-43,46-49,53H,5,7,14-15,17-18,21,23,28-29H2,1-4H3,(H,50,51)/b9-8?,10-6+,19-11+,20-12?,22-16+,24-13-,31-27+/t30-,32-,33-,34-,35-,36-,37+,38-,39-,40+,41-,42-,43+,46-,47+/m0/s1. The van der Waals surface area contributed by atoms with Crippen LogP contribution in [0.25, 0.3) is 0 Å². The molecule has 0 saturated carbocycles. The maximum Gasteiger partial charge on any atom is 0.331 e. The predicted molar refractivity (Wildman–Crippen MR) is 222 cm³/mol. The Morgan fingerprint density at radius 2 is 1.53 bits per heavy atom. The van der Waals surface area contributed by atoms with E-state index in [-0.39, 0.29) is 67.2 Å². The Morgan fingerprint density at radius 1 is 0.759 bits per heavy atom. The van der Waals surface area contributed by atoms with Crippen molar-refractivity contribution in [3.05, 3.63) is 96.7 Å². The van der Waals surface area contributed by atoms with Gasteiger partial charge in [-0.05, 0) is 63.0 Å². The number of unbranched alkanes of at least 4 members (excludes halogenated alkanes) is 1. The van der Waals surface area contributed by atoms with Gasteiger partial charge in [0.05, 0.1) is 42.7 Å². The molecule has 4 N–H and O–H groups in total. The van der Waals surface area contributed by atoms with Crippen LogP contribution in [0.1, 0.15) is 91.9 Å². The van der Waals surface area contributed by atoms with Crippen LogP contribution in [0.4, 0.5) is 0 Å². The summed E-state index contributed by atoms with van der Waals surface area (Å²) in [5, 5.41) is 41.7. The molecule has 6 heterocycles. The van der Waals surface area contributed by atoms with Gasteiger partial charge in [0, 0.05) is 37.2 Å². The minimum absolute atomic E-state index is 0.0508. The number of hydrogen-bond donors (Lipinski definition) is 4. The molecule has 0 aromatic heterocycles. The highest BCUT2D eigenvalue weighted by molar-refractivity contribution is 5.82. The molecule has 0 aliphatic carbocycles. The maximum atomic E-state index is 13.0. The number of aliphatic hydroxyl groups is 3. The highest BCUT2D eigenvalue weighted by atomic mass is 16.6. The molecule has 3 fully saturated rings. The Morgan fingerprint density at radius 3 is 2.34 bits per heavy atom. The lowest BCUT2D eigenvalue weighted by molar-refractivity contribution is -0.175. The first kappa shape index (κ1) is 45.7. The molecule has 3 saturated heterocycles. The third-order valence-corrected chi connectivity index (χ3v) is 12.0. The summed E-state index contributed by atoms with van der Waals surface area (Å²) in [6, 6.07) is 0. The van der Waals surface area contributed by atoms with Crippen LogP contribution < -0.4 is 0 Å². The van der Waals surface area contributed by atoms with Crippen molar-refractivity contribution >= 4 is 11.9 Å². The smallest absolute Gasteiger partial charge is 0.331 e. The molecule has 11 nitrogen and oxygen atoms in total. The predicted octanol–water partition coefficient (Wildman–Crippen LogP) is 6.80. The number of esters is 1. The summed E-state index contributed by atoms with van der Waals surface area (Å²) in [4.78, 5) is 23.9. The number of carboxylic acids is 1. The van der Waals surface area contributed by atoms with E-state index in [0.717, 1.165) is 31.3 Å². The van der Waals surface area contributed by atoms with Gasteiger partial charge in [-0.25, -0.2) is 4.79 Å². The number of carbonyl (C=O) groups is 2.